The van der Waals surface area contributed by atoms with Crippen molar-refractivity contribution in [2.75, 3.05) is 13.7 Å². The Morgan fingerprint density at radius 2 is 1.81 bits per heavy atom. The molecule has 5 nitrogen and oxygen atoms in total. The van der Waals surface area contributed by atoms with Gasteiger partial charge < -0.3 is 13.9 Å². The highest BCUT2D eigenvalue weighted by Gasteiger charge is 2.20. The molecule has 0 aliphatic rings. The standard InChI is InChI=1S/C27H25NO4/c1-3-4-16-31-21-14-12-20(13-15-21)26(29)23(18-19-8-7-9-22(17-19)30-2)27-28-24-10-5-6-11-25(24)32-27/h5-15,17-18H,3-4,16H2,1-2H3/b23-18-. The molecule has 0 amide bonds. The number of ketones is 1. The predicted molar refractivity (Wildman–Crippen MR) is 126 cm³/mol. The van der Waals surface area contributed by atoms with E-state index in [4.69, 9.17) is 13.9 Å². The van der Waals surface area contributed by atoms with E-state index in [9.17, 15) is 4.79 Å². The lowest BCUT2D eigenvalue weighted by atomic mass is 10.0. The second-order valence-electron chi connectivity index (χ2n) is 7.38. The predicted octanol–water partition coefficient (Wildman–Crippen LogP) is 6.44. The van der Waals surface area contributed by atoms with Crippen LogP contribution >= 0.6 is 0 Å². The summed E-state index contributed by atoms with van der Waals surface area (Å²) < 4.78 is 17.0. The van der Waals surface area contributed by atoms with Gasteiger partial charge in [-0.25, -0.2) is 4.98 Å². The molecule has 0 aliphatic heterocycles. The maximum atomic E-state index is 13.5. The summed E-state index contributed by atoms with van der Waals surface area (Å²) in [5.74, 6) is 1.55. The van der Waals surface area contributed by atoms with Gasteiger partial charge in [-0.3, -0.25) is 4.79 Å². The van der Waals surface area contributed by atoms with Crippen molar-refractivity contribution < 1.29 is 18.7 Å². The van der Waals surface area contributed by atoms with Gasteiger partial charge in [0.15, 0.2) is 11.4 Å². The lowest BCUT2D eigenvalue weighted by Crippen LogP contribution is -2.04. The van der Waals surface area contributed by atoms with Gasteiger partial charge in [0.05, 0.1) is 19.3 Å². The minimum Gasteiger partial charge on any atom is -0.497 e. The summed E-state index contributed by atoms with van der Waals surface area (Å²) in [6, 6.07) is 22.1. The number of carbonyl (C=O) groups is 1. The minimum absolute atomic E-state index is 0.181. The molecule has 5 heteroatoms. The normalized spacial score (nSPS) is 11.5. The number of carbonyl (C=O) groups excluding carboxylic acids is 1. The third-order valence-corrected chi connectivity index (χ3v) is 5.06. The molecule has 0 aliphatic carbocycles. The molecule has 4 rings (SSSR count). The number of rotatable bonds is 9. The molecule has 32 heavy (non-hydrogen) atoms. The molecule has 3 aromatic carbocycles. The SMILES string of the molecule is CCCCOc1ccc(C(=O)/C(=C/c2cccc(OC)c2)c2nc3ccccc3o2)cc1. The number of allylic oxidation sites excluding steroid dienone is 1. The number of aromatic nitrogens is 1. The molecule has 0 bridgehead atoms. The average Bonchev–Trinajstić information content (AvgIpc) is 3.27. The van der Waals surface area contributed by atoms with E-state index in [1.165, 1.54) is 0 Å². The van der Waals surface area contributed by atoms with Crippen molar-refractivity contribution >= 4 is 28.5 Å². The van der Waals surface area contributed by atoms with Gasteiger partial charge in [-0.05, 0) is 66.6 Å². The Kier molecular flexibility index (Phi) is 6.66. The third kappa shape index (κ3) is 4.89. The van der Waals surface area contributed by atoms with Crippen LogP contribution in [0.4, 0.5) is 0 Å². The molecule has 0 radical (unpaired) electrons. The van der Waals surface area contributed by atoms with Crippen molar-refractivity contribution in [2.45, 2.75) is 19.8 Å². The highest BCUT2D eigenvalue weighted by Crippen LogP contribution is 2.27. The summed E-state index contributed by atoms with van der Waals surface area (Å²) >= 11 is 0. The topological polar surface area (TPSA) is 61.6 Å². The number of oxazole rings is 1. The van der Waals surface area contributed by atoms with Crippen LogP contribution in [0.2, 0.25) is 0 Å². The maximum absolute atomic E-state index is 13.5. The highest BCUT2D eigenvalue weighted by molar-refractivity contribution is 6.31. The van der Waals surface area contributed by atoms with Crippen molar-refractivity contribution in [3.63, 3.8) is 0 Å². The number of ether oxygens (including phenoxy) is 2. The van der Waals surface area contributed by atoms with Crippen LogP contribution in [0.3, 0.4) is 0 Å². The van der Waals surface area contributed by atoms with E-state index >= 15 is 0 Å². The van der Waals surface area contributed by atoms with E-state index in [-0.39, 0.29) is 11.7 Å². The first-order chi connectivity index (χ1) is 15.7. The molecule has 1 heterocycles. The first kappa shape index (κ1) is 21.4. The fraction of sp³-hybridized carbons (Fsp3) is 0.185. The Balaban J connectivity index is 1.71. The Bertz CT molecular complexity index is 1210. The number of unbranched alkanes of at least 4 members (excludes halogenated alkanes) is 1. The second-order valence-corrected chi connectivity index (χ2v) is 7.38. The van der Waals surface area contributed by atoms with Crippen molar-refractivity contribution in [3.05, 3.63) is 89.8 Å². The monoisotopic (exact) mass is 427 g/mol. The number of methoxy groups -OCH3 is 1. The second kappa shape index (κ2) is 9.96. The van der Waals surface area contributed by atoms with Crippen LogP contribution in [-0.2, 0) is 0 Å². The van der Waals surface area contributed by atoms with Crippen LogP contribution in [-0.4, -0.2) is 24.5 Å². The number of fused-ring (bicyclic) bond motifs is 1. The fourth-order valence-electron chi connectivity index (χ4n) is 3.30. The van der Waals surface area contributed by atoms with E-state index in [2.05, 4.69) is 11.9 Å². The number of benzene rings is 3. The van der Waals surface area contributed by atoms with Crippen LogP contribution in [0.5, 0.6) is 11.5 Å². The van der Waals surface area contributed by atoms with Gasteiger partial charge in [0.1, 0.15) is 17.0 Å². The van der Waals surface area contributed by atoms with E-state index < -0.39 is 0 Å². The quantitative estimate of drug-likeness (QED) is 0.175. The molecule has 1 aromatic heterocycles. The van der Waals surface area contributed by atoms with Gasteiger partial charge in [-0.15, -0.1) is 0 Å². The molecule has 162 valence electrons. The molecule has 0 spiro atoms. The summed E-state index contributed by atoms with van der Waals surface area (Å²) in [4.78, 5) is 18.1. The zero-order valence-electron chi connectivity index (χ0n) is 18.2. The maximum Gasteiger partial charge on any atom is 0.231 e. The molecule has 0 fully saturated rings. The van der Waals surface area contributed by atoms with Crippen LogP contribution in [0, 0.1) is 0 Å². The first-order valence-electron chi connectivity index (χ1n) is 10.7. The molecular weight excluding hydrogens is 402 g/mol. The van der Waals surface area contributed by atoms with E-state index in [1.54, 1.807) is 25.3 Å². The van der Waals surface area contributed by atoms with Gasteiger partial charge in [-0.2, -0.15) is 0 Å². The molecule has 0 saturated heterocycles. The molecule has 0 atom stereocenters. The summed E-state index contributed by atoms with van der Waals surface area (Å²) in [6.07, 6.45) is 3.84. The summed E-state index contributed by atoms with van der Waals surface area (Å²) in [7, 11) is 1.61. The summed E-state index contributed by atoms with van der Waals surface area (Å²) in [5, 5.41) is 0. The number of hydrogen-bond donors (Lipinski definition) is 0. The average molecular weight is 428 g/mol. The van der Waals surface area contributed by atoms with Gasteiger partial charge in [-0.1, -0.05) is 37.6 Å². The molecule has 0 saturated carbocycles. The van der Waals surface area contributed by atoms with Crippen molar-refractivity contribution in [1.82, 2.24) is 4.98 Å². The van der Waals surface area contributed by atoms with Crippen LogP contribution in [0.25, 0.3) is 22.7 Å². The van der Waals surface area contributed by atoms with E-state index in [0.717, 1.165) is 24.2 Å². The number of hydrogen-bond acceptors (Lipinski definition) is 5. The zero-order valence-corrected chi connectivity index (χ0v) is 18.2. The zero-order chi connectivity index (χ0) is 22.3. The van der Waals surface area contributed by atoms with E-state index in [0.29, 0.717) is 34.6 Å². The Morgan fingerprint density at radius 1 is 1.00 bits per heavy atom. The Labute approximate surface area is 187 Å². The van der Waals surface area contributed by atoms with Gasteiger partial charge >= 0.3 is 0 Å². The fourth-order valence-corrected chi connectivity index (χ4v) is 3.30. The number of Topliss-reactive ketones (excluding diaryl/α,β-unsaturated/α-hetero) is 1. The molecule has 4 aromatic rings. The Hall–Kier alpha value is -3.86. The first-order valence-corrected chi connectivity index (χ1v) is 10.7. The van der Waals surface area contributed by atoms with Gasteiger partial charge in [0, 0.05) is 5.56 Å². The van der Waals surface area contributed by atoms with Gasteiger partial charge in [0.2, 0.25) is 5.89 Å². The lowest BCUT2D eigenvalue weighted by molar-refractivity contribution is 0.105. The summed E-state index contributed by atoms with van der Waals surface area (Å²) in [6.45, 7) is 2.78. The molecular formula is C27H25NO4. The third-order valence-electron chi connectivity index (χ3n) is 5.06. The number of para-hydroxylation sites is 2. The smallest absolute Gasteiger partial charge is 0.231 e. The number of nitrogens with zero attached hydrogens (tertiary/aromatic N) is 1. The minimum atomic E-state index is -0.181. The lowest BCUT2D eigenvalue weighted by Gasteiger charge is -2.08. The van der Waals surface area contributed by atoms with Crippen molar-refractivity contribution in [3.8, 4) is 11.5 Å². The van der Waals surface area contributed by atoms with E-state index in [1.807, 2.05) is 60.7 Å². The van der Waals surface area contributed by atoms with Crippen LogP contribution < -0.4 is 9.47 Å². The van der Waals surface area contributed by atoms with Gasteiger partial charge in [0.25, 0.3) is 0 Å². The van der Waals surface area contributed by atoms with Crippen LogP contribution in [0.15, 0.2) is 77.2 Å². The van der Waals surface area contributed by atoms with Crippen LogP contribution in [0.1, 0.15) is 41.6 Å². The van der Waals surface area contributed by atoms with Crippen molar-refractivity contribution in [1.29, 1.82) is 0 Å². The Morgan fingerprint density at radius 3 is 2.56 bits per heavy atom. The molecule has 0 N–H and O–H groups in total. The highest BCUT2D eigenvalue weighted by atomic mass is 16.5. The molecule has 0 unspecified atom stereocenters. The largest absolute Gasteiger partial charge is 0.497 e. The van der Waals surface area contributed by atoms with Crippen molar-refractivity contribution in [2.24, 2.45) is 0 Å². The summed E-state index contributed by atoms with van der Waals surface area (Å²) in [5.41, 5.74) is 3.05.